The van der Waals surface area contributed by atoms with Crippen molar-refractivity contribution in [2.24, 2.45) is 5.73 Å². The van der Waals surface area contributed by atoms with Crippen LogP contribution in [0.4, 0.5) is 0 Å². The van der Waals surface area contributed by atoms with Crippen LogP contribution in [0.1, 0.15) is 23.6 Å². The van der Waals surface area contributed by atoms with Gasteiger partial charge in [-0.1, -0.05) is 12.1 Å². The van der Waals surface area contributed by atoms with Gasteiger partial charge in [0.05, 0.1) is 7.11 Å². The van der Waals surface area contributed by atoms with Gasteiger partial charge < -0.3 is 10.5 Å². The first-order chi connectivity index (χ1) is 8.79. The Morgan fingerprint density at radius 2 is 1.83 bits per heavy atom. The van der Waals surface area contributed by atoms with Crippen molar-refractivity contribution in [1.82, 2.24) is 9.97 Å². The molecule has 0 saturated carbocycles. The number of aryl methyl sites for hydroxylation is 1. The second-order valence-corrected chi connectivity index (χ2v) is 4.17. The summed E-state index contributed by atoms with van der Waals surface area (Å²) in [6.45, 7) is 0. The van der Waals surface area contributed by atoms with E-state index in [1.54, 1.807) is 19.5 Å². The zero-order valence-corrected chi connectivity index (χ0v) is 10.4. The van der Waals surface area contributed by atoms with Crippen molar-refractivity contribution in [2.45, 2.75) is 18.9 Å². The number of hydrogen-bond acceptors (Lipinski definition) is 4. The SMILES string of the molecule is COc1ccc(CCC(N)c2cncnc2)cc1. The van der Waals surface area contributed by atoms with Gasteiger partial charge in [-0.15, -0.1) is 0 Å². The number of methoxy groups -OCH3 is 1. The summed E-state index contributed by atoms with van der Waals surface area (Å²) < 4.78 is 5.12. The third kappa shape index (κ3) is 3.28. The van der Waals surface area contributed by atoms with Crippen LogP contribution in [-0.2, 0) is 6.42 Å². The Bertz CT molecular complexity index is 470. The summed E-state index contributed by atoms with van der Waals surface area (Å²) in [5.74, 6) is 0.875. The van der Waals surface area contributed by atoms with Crippen molar-refractivity contribution in [3.63, 3.8) is 0 Å². The molecule has 0 saturated heterocycles. The normalized spacial score (nSPS) is 12.1. The Hall–Kier alpha value is -1.94. The molecule has 2 aromatic rings. The summed E-state index contributed by atoms with van der Waals surface area (Å²) in [4.78, 5) is 7.95. The Labute approximate surface area is 107 Å². The van der Waals surface area contributed by atoms with Crippen molar-refractivity contribution in [2.75, 3.05) is 7.11 Å². The van der Waals surface area contributed by atoms with Gasteiger partial charge in [0, 0.05) is 24.0 Å². The van der Waals surface area contributed by atoms with Gasteiger partial charge in [0.15, 0.2) is 0 Å². The van der Waals surface area contributed by atoms with E-state index in [1.165, 1.54) is 11.9 Å². The number of nitrogens with zero attached hydrogens (tertiary/aromatic N) is 2. The first-order valence-electron chi connectivity index (χ1n) is 5.93. The summed E-state index contributed by atoms with van der Waals surface area (Å²) in [7, 11) is 1.67. The standard InChI is InChI=1S/C14H17N3O/c1-18-13-5-2-11(3-6-13)4-7-14(15)12-8-16-10-17-9-12/h2-3,5-6,8-10,14H,4,7,15H2,1H3. The summed E-state index contributed by atoms with van der Waals surface area (Å²) in [5, 5.41) is 0. The molecule has 0 aliphatic heterocycles. The van der Waals surface area contributed by atoms with Crippen LogP contribution in [0.15, 0.2) is 43.0 Å². The van der Waals surface area contributed by atoms with Crippen molar-refractivity contribution in [3.8, 4) is 5.75 Å². The second-order valence-electron chi connectivity index (χ2n) is 4.17. The van der Waals surface area contributed by atoms with Crippen LogP contribution in [0.2, 0.25) is 0 Å². The molecular formula is C14H17N3O. The van der Waals surface area contributed by atoms with E-state index in [-0.39, 0.29) is 6.04 Å². The number of nitrogens with two attached hydrogens (primary N) is 1. The van der Waals surface area contributed by atoms with Gasteiger partial charge >= 0.3 is 0 Å². The van der Waals surface area contributed by atoms with Crippen LogP contribution in [0.5, 0.6) is 5.75 Å². The highest BCUT2D eigenvalue weighted by molar-refractivity contribution is 5.27. The summed E-state index contributed by atoms with van der Waals surface area (Å²) in [6, 6.07) is 8.03. The minimum Gasteiger partial charge on any atom is -0.497 e. The molecule has 2 N–H and O–H groups in total. The van der Waals surface area contributed by atoms with E-state index in [4.69, 9.17) is 10.5 Å². The van der Waals surface area contributed by atoms with E-state index in [2.05, 4.69) is 22.1 Å². The van der Waals surface area contributed by atoms with Gasteiger partial charge in [0.1, 0.15) is 12.1 Å². The maximum atomic E-state index is 6.09. The van der Waals surface area contributed by atoms with E-state index in [9.17, 15) is 0 Å². The highest BCUT2D eigenvalue weighted by Gasteiger charge is 2.06. The van der Waals surface area contributed by atoms with Gasteiger partial charge in [-0.25, -0.2) is 9.97 Å². The second kappa shape index (κ2) is 6.12. The zero-order chi connectivity index (χ0) is 12.8. The molecule has 4 nitrogen and oxygen atoms in total. The molecule has 1 aromatic heterocycles. The van der Waals surface area contributed by atoms with E-state index in [1.807, 2.05) is 12.1 Å². The molecule has 0 bridgehead atoms. The van der Waals surface area contributed by atoms with Crippen LogP contribution in [0, 0.1) is 0 Å². The molecule has 94 valence electrons. The zero-order valence-electron chi connectivity index (χ0n) is 10.4. The smallest absolute Gasteiger partial charge is 0.118 e. The third-order valence-electron chi connectivity index (χ3n) is 2.91. The summed E-state index contributed by atoms with van der Waals surface area (Å²) >= 11 is 0. The van der Waals surface area contributed by atoms with E-state index in [0.29, 0.717) is 0 Å². The van der Waals surface area contributed by atoms with Crippen molar-refractivity contribution in [3.05, 3.63) is 54.1 Å². The van der Waals surface area contributed by atoms with Gasteiger partial charge in [-0.2, -0.15) is 0 Å². The third-order valence-corrected chi connectivity index (χ3v) is 2.91. The largest absolute Gasteiger partial charge is 0.497 e. The van der Waals surface area contributed by atoms with Crippen LogP contribution in [-0.4, -0.2) is 17.1 Å². The van der Waals surface area contributed by atoms with Gasteiger partial charge in [0.2, 0.25) is 0 Å². The lowest BCUT2D eigenvalue weighted by Gasteiger charge is -2.11. The van der Waals surface area contributed by atoms with Crippen molar-refractivity contribution < 1.29 is 4.74 Å². The van der Waals surface area contributed by atoms with Gasteiger partial charge in [-0.3, -0.25) is 0 Å². The number of hydrogen-bond donors (Lipinski definition) is 1. The minimum absolute atomic E-state index is 0.0201. The molecule has 0 aliphatic rings. The average Bonchev–Trinajstić information content (AvgIpc) is 2.46. The number of rotatable bonds is 5. The van der Waals surface area contributed by atoms with E-state index >= 15 is 0 Å². The predicted octanol–water partition coefficient (Wildman–Crippen LogP) is 2.12. The Kier molecular flexibility index (Phi) is 4.25. The molecule has 18 heavy (non-hydrogen) atoms. The first kappa shape index (κ1) is 12.5. The monoisotopic (exact) mass is 243 g/mol. The molecule has 0 amide bonds. The molecule has 1 heterocycles. The highest BCUT2D eigenvalue weighted by Crippen LogP contribution is 2.17. The fraction of sp³-hybridized carbons (Fsp3) is 0.286. The molecular weight excluding hydrogens is 226 g/mol. The molecule has 1 aromatic carbocycles. The quantitative estimate of drug-likeness (QED) is 0.873. The molecule has 2 rings (SSSR count). The molecule has 0 fully saturated rings. The van der Waals surface area contributed by atoms with Crippen LogP contribution < -0.4 is 10.5 Å². The minimum atomic E-state index is -0.0201. The molecule has 1 unspecified atom stereocenters. The van der Waals surface area contributed by atoms with Gasteiger partial charge in [0.25, 0.3) is 0 Å². The van der Waals surface area contributed by atoms with Crippen molar-refractivity contribution >= 4 is 0 Å². The number of ether oxygens (including phenoxy) is 1. The fourth-order valence-electron chi connectivity index (χ4n) is 1.78. The molecule has 1 atom stereocenters. The Morgan fingerprint density at radius 1 is 1.17 bits per heavy atom. The Balaban J connectivity index is 1.91. The lowest BCUT2D eigenvalue weighted by Crippen LogP contribution is -2.11. The maximum absolute atomic E-state index is 6.09. The summed E-state index contributed by atoms with van der Waals surface area (Å²) in [6.07, 6.45) is 6.86. The number of benzene rings is 1. The summed E-state index contributed by atoms with van der Waals surface area (Å²) in [5.41, 5.74) is 8.32. The van der Waals surface area contributed by atoms with Crippen LogP contribution in [0.25, 0.3) is 0 Å². The topological polar surface area (TPSA) is 61.0 Å². The van der Waals surface area contributed by atoms with Crippen LogP contribution in [0.3, 0.4) is 0 Å². The first-order valence-corrected chi connectivity index (χ1v) is 5.93. The molecule has 0 aliphatic carbocycles. The lowest BCUT2D eigenvalue weighted by atomic mass is 10.0. The van der Waals surface area contributed by atoms with Crippen molar-refractivity contribution in [1.29, 1.82) is 0 Å². The predicted molar refractivity (Wildman–Crippen MR) is 70.3 cm³/mol. The van der Waals surface area contributed by atoms with E-state index in [0.717, 1.165) is 24.2 Å². The van der Waals surface area contributed by atoms with Gasteiger partial charge in [-0.05, 0) is 30.5 Å². The van der Waals surface area contributed by atoms with Crippen LogP contribution >= 0.6 is 0 Å². The fourth-order valence-corrected chi connectivity index (χ4v) is 1.78. The Morgan fingerprint density at radius 3 is 2.44 bits per heavy atom. The maximum Gasteiger partial charge on any atom is 0.118 e. The lowest BCUT2D eigenvalue weighted by molar-refractivity contribution is 0.414. The average molecular weight is 243 g/mol. The highest BCUT2D eigenvalue weighted by atomic mass is 16.5. The molecule has 4 heteroatoms. The number of aromatic nitrogens is 2. The molecule has 0 radical (unpaired) electrons. The molecule has 0 spiro atoms. The van der Waals surface area contributed by atoms with E-state index < -0.39 is 0 Å².